The molecule has 0 aromatic heterocycles. The second-order valence-electron chi connectivity index (χ2n) is 5.00. The highest BCUT2D eigenvalue weighted by Gasteiger charge is 2.52. The number of aliphatic carboxylic acids is 1. The van der Waals surface area contributed by atoms with Gasteiger partial charge in [-0.2, -0.15) is 0 Å². The number of nitrogens with zero attached hydrogens (tertiary/aromatic N) is 1. The molecule has 4 nitrogen and oxygen atoms in total. The lowest BCUT2D eigenvalue weighted by atomic mass is 10.2. The highest BCUT2D eigenvalue weighted by atomic mass is 16.4. The Morgan fingerprint density at radius 1 is 1.38 bits per heavy atom. The fourth-order valence-electron chi connectivity index (χ4n) is 2.48. The highest BCUT2D eigenvalue weighted by Crippen LogP contribution is 2.54. The van der Waals surface area contributed by atoms with Gasteiger partial charge in [0.05, 0.1) is 0 Å². The van der Waals surface area contributed by atoms with Crippen LogP contribution in [0.5, 0.6) is 0 Å². The lowest BCUT2D eigenvalue weighted by Gasteiger charge is -2.20. The maximum Gasteiger partial charge on any atom is 0.323 e. The summed E-state index contributed by atoms with van der Waals surface area (Å²) in [7, 11) is 0. The van der Waals surface area contributed by atoms with Gasteiger partial charge in [0, 0.05) is 12.5 Å². The molecule has 0 radical (unpaired) electrons. The van der Waals surface area contributed by atoms with E-state index in [4.69, 9.17) is 5.11 Å². The molecule has 90 valence electrons. The smallest absolute Gasteiger partial charge is 0.323 e. The van der Waals surface area contributed by atoms with Gasteiger partial charge in [0.1, 0.15) is 6.54 Å². The number of hydrogen-bond acceptors (Lipinski definition) is 2. The van der Waals surface area contributed by atoms with Gasteiger partial charge in [-0.15, -0.1) is 0 Å². The number of rotatable bonds is 6. The third-order valence-electron chi connectivity index (χ3n) is 3.52. The van der Waals surface area contributed by atoms with Crippen molar-refractivity contribution in [2.75, 3.05) is 13.1 Å². The second-order valence-corrected chi connectivity index (χ2v) is 5.00. The second kappa shape index (κ2) is 4.44. The predicted octanol–water partition coefficient (Wildman–Crippen LogP) is 1.36. The highest BCUT2D eigenvalue weighted by molar-refractivity contribution is 5.85. The topological polar surface area (TPSA) is 57.6 Å². The van der Waals surface area contributed by atoms with Gasteiger partial charge in [-0.3, -0.25) is 9.59 Å². The first kappa shape index (κ1) is 11.4. The fraction of sp³-hybridized carbons (Fsp3) is 0.833. The van der Waals surface area contributed by atoms with E-state index in [2.05, 4.69) is 0 Å². The molecule has 1 amide bonds. The van der Waals surface area contributed by atoms with E-state index < -0.39 is 5.97 Å². The van der Waals surface area contributed by atoms with Crippen LogP contribution in [0.1, 0.15) is 32.6 Å². The number of amides is 1. The van der Waals surface area contributed by atoms with Crippen LogP contribution < -0.4 is 0 Å². The summed E-state index contributed by atoms with van der Waals surface area (Å²) in [6.45, 7) is 2.40. The molecule has 2 saturated carbocycles. The zero-order valence-corrected chi connectivity index (χ0v) is 9.69. The summed E-state index contributed by atoms with van der Waals surface area (Å²) in [6, 6.07) is 0. The SMILES string of the molecule is CCCN(CC(=O)O)C(=O)[C@@H]1C[C@@H]1C1CC1. The van der Waals surface area contributed by atoms with Crippen molar-refractivity contribution in [1.82, 2.24) is 4.90 Å². The van der Waals surface area contributed by atoms with Gasteiger partial charge in [-0.1, -0.05) is 6.92 Å². The van der Waals surface area contributed by atoms with E-state index in [0.717, 1.165) is 18.8 Å². The summed E-state index contributed by atoms with van der Waals surface area (Å²) in [4.78, 5) is 24.2. The van der Waals surface area contributed by atoms with Crippen molar-refractivity contribution in [3.8, 4) is 0 Å². The minimum absolute atomic E-state index is 0.0705. The lowest BCUT2D eigenvalue weighted by Crippen LogP contribution is -2.37. The standard InChI is InChI=1S/C12H19NO3/c1-2-5-13(7-11(14)15)12(16)10-6-9(10)8-3-4-8/h8-10H,2-7H2,1H3,(H,14,15)/t9-,10-/m1/s1. The molecule has 2 fully saturated rings. The van der Waals surface area contributed by atoms with E-state index in [1.54, 1.807) is 0 Å². The Balaban J connectivity index is 1.86. The Hall–Kier alpha value is -1.06. The van der Waals surface area contributed by atoms with Crippen LogP contribution >= 0.6 is 0 Å². The molecule has 0 unspecified atom stereocenters. The molecule has 2 aliphatic carbocycles. The number of carboxylic acid groups (broad SMARTS) is 1. The summed E-state index contributed by atoms with van der Waals surface area (Å²) in [5.74, 6) is 0.632. The molecule has 0 aliphatic heterocycles. The van der Waals surface area contributed by atoms with Gasteiger partial charge in [0.15, 0.2) is 0 Å². The Morgan fingerprint density at radius 3 is 2.56 bits per heavy atom. The molecule has 2 atom stereocenters. The quantitative estimate of drug-likeness (QED) is 0.742. The Bertz CT molecular complexity index is 299. The largest absolute Gasteiger partial charge is 0.480 e. The normalized spacial score (nSPS) is 27.6. The minimum atomic E-state index is -0.912. The first-order valence-electron chi connectivity index (χ1n) is 6.14. The molecule has 4 heteroatoms. The third-order valence-corrected chi connectivity index (χ3v) is 3.52. The average Bonchev–Trinajstić information content (AvgIpc) is 3.04. The summed E-state index contributed by atoms with van der Waals surface area (Å²) in [5, 5.41) is 8.76. The summed E-state index contributed by atoms with van der Waals surface area (Å²) < 4.78 is 0. The third kappa shape index (κ3) is 2.54. The van der Waals surface area contributed by atoms with Crippen LogP contribution in [-0.4, -0.2) is 35.0 Å². The zero-order chi connectivity index (χ0) is 11.7. The summed E-state index contributed by atoms with van der Waals surface area (Å²) in [5.41, 5.74) is 0. The van der Waals surface area contributed by atoms with Crippen LogP contribution in [0.2, 0.25) is 0 Å². The van der Waals surface area contributed by atoms with Crippen LogP contribution in [0.3, 0.4) is 0 Å². The minimum Gasteiger partial charge on any atom is -0.480 e. The molecule has 2 aliphatic rings. The van der Waals surface area contributed by atoms with Gasteiger partial charge >= 0.3 is 5.97 Å². The van der Waals surface area contributed by atoms with E-state index in [1.807, 2.05) is 6.92 Å². The van der Waals surface area contributed by atoms with Crippen LogP contribution in [0.4, 0.5) is 0 Å². The van der Waals surface area contributed by atoms with Crippen LogP contribution in [-0.2, 0) is 9.59 Å². The van der Waals surface area contributed by atoms with Crippen molar-refractivity contribution in [2.24, 2.45) is 17.8 Å². The maximum atomic E-state index is 12.0. The van der Waals surface area contributed by atoms with Gasteiger partial charge in [-0.25, -0.2) is 0 Å². The van der Waals surface area contributed by atoms with E-state index in [9.17, 15) is 9.59 Å². The first-order chi connectivity index (χ1) is 7.63. The lowest BCUT2D eigenvalue weighted by molar-refractivity contribution is -0.145. The molecule has 0 heterocycles. The number of carboxylic acids is 1. The molecular formula is C12H19NO3. The predicted molar refractivity (Wildman–Crippen MR) is 58.8 cm³/mol. The molecule has 0 bridgehead atoms. The van der Waals surface area contributed by atoms with Crippen molar-refractivity contribution in [1.29, 1.82) is 0 Å². The fourth-order valence-corrected chi connectivity index (χ4v) is 2.48. The van der Waals surface area contributed by atoms with E-state index in [0.29, 0.717) is 12.5 Å². The zero-order valence-electron chi connectivity index (χ0n) is 9.69. The Kier molecular flexibility index (Phi) is 3.17. The van der Waals surface area contributed by atoms with Gasteiger partial charge < -0.3 is 10.0 Å². The summed E-state index contributed by atoms with van der Waals surface area (Å²) >= 11 is 0. The van der Waals surface area contributed by atoms with Gasteiger partial charge in [0.25, 0.3) is 0 Å². The monoisotopic (exact) mass is 225 g/mol. The van der Waals surface area contributed by atoms with E-state index >= 15 is 0 Å². The van der Waals surface area contributed by atoms with Crippen LogP contribution in [0.25, 0.3) is 0 Å². The number of carbonyl (C=O) groups excluding carboxylic acids is 1. The molecular weight excluding hydrogens is 206 g/mol. The van der Waals surface area contributed by atoms with Gasteiger partial charge in [-0.05, 0) is 37.5 Å². The van der Waals surface area contributed by atoms with E-state index in [-0.39, 0.29) is 18.4 Å². The van der Waals surface area contributed by atoms with Crippen molar-refractivity contribution >= 4 is 11.9 Å². The molecule has 1 N–H and O–H groups in total. The molecule has 0 aromatic rings. The number of hydrogen-bond donors (Lipinski definition) is 1. The molecule has 0 aromatic carbocycles. The maximum absolute atomic E-state index is 12.0. The van der Waals surface area contributed by atoms with Crippen molar-refractivity contribution in [3.05, 3.63) is 0 Å². The number of carbonyl (C=O) groups is 2. The van der Waals surface area contributed by atoms with Crippen LogP contribution in [0, 0.1) is 17.8 Å². The van der Waals surface area contributed by atoms with Gasteiger partial charge in [0.2, 0.25) is 5.91 Å². The first-order valence-corrected chi connectivity index (χ1v) is 6.14. The van der Waals surface area contributed by atoms with Crippen molar-refractivity contribution in [3.63, 3.8) is 0 Å². The summed E-state index contributed by atoms with van der Waals surface area (Å²) in [6.07, 6.45) is 4.34. The van der Waals surface area contributed by atoms with Crippen LogP contribution in [0.15, 0.2) is 0 Å². The van der Waals surface area contributed by atoms with Crippen molar-refractivity contribution < 1.29 is 14.7 Å². The molecule has 2 rings (SSSR count). The molecule has 16 heavy (non-hydrogen) atoms. The molecule has 0 saturated heterocycles. The Labute approximate surface area is 95.6 Å². The average molecular weight is 225 g/mol. The van der Waals surface area contributed by atoms with Crippen molar-refractivity contribution in [2.45, 2.75) is 32.6 Å². The Morgan fingerprint density at radius 2 is 2.06 bits per heavy atom. The molecule has 0 spiro atoms. The van der Waals surface area contributed by atoms with E-state index in [1.165, 1.54) is 17.7 Å².